The molecule has 28 heavy (non-hydrogen) atoms. The summed E-state index contributed by atoms with van der Waals surface area (Å²) in [5.41, 5.74) is 14.8. The molecule has 6 nitrogen and oxygen atoms in total. The highest BCUT2D eigenvalue weighted by Crippen LogP contribution is 2.28. The highest BCUT2D eigenvalue weighted by atomic mass is 35.5. The average molecular weight is 401 g/mol. The number of amidine groups is 2. The number of nitrogens with two attached hydrogens (primary N) is 2. The fraction of sp³-hybridized carbons (Fsp3) is 0. The maximum Gasteiger partial charge on any atom is 0.170 e. The van der Waals surface area contributed by atoms with E-state index in [2.05, 4.69) is 10.3 Å². The van der Waals surface area contributed by atoms with Crippen LogP contribution in [0.2, 0.25) is 0 Å². The van der Waals surface area contributed by atoms with Crippen LogP contribution in [0.4, 0.5) is 4.39 Å². The Morgan fingerprint density at radius 3 is 1.54 bits per heavy atom. The van der Waals surface area contributed by atoms with Gasteiger partial charge in [0.1, 0.15) is 5.82 Å². The first-order valence-corrected chi connectivity index (χ1v) is 7.99. The lowest BCUT2D eigenvalue weighted by Crippen LogP contribution is -2.12. The largest absolute Gasteiger partial charge is 0.409 e. The van der Waals surface area contributed by atoms with E-state index in [1.54, 1.807) is 54.6 Å². The zero-order chi connectivity index (χ0) is 19.4. The molecule has 0 unspecified atom stereocenters. The Balaban J connectivity index is 0.00000280. The van der Waals surface area contributed by atoms with Crippen LogP contribution in [-0.2, 0) is 0 Å². The van der Waals surface area contributed by atoms with Crippen LogP contribution < -0.4 is 11.5 Å². The van der Waals surface area contributed by atoms with Gasteiger partial charge in [0.25, 0.3) is 0 Å². The van der Waals surface area contributed by atoms with E-state index in [4.69, 9.17) is 21.9 Å². The first kappa shape index (κ1) is 20.7. The predicted octanol–water partition coefficient (Wildman–Crippen LogP) is 3.77. The molecule has 0 saturated heterocycles. The minimum absolute atomic E-state index is 0. The highest BCUT2D eigenvalue weighted by Gasteiger charge is 2.09. The number of halogens is 2. The topological polar surface area (TPSA) is 117 Å². The van der Waals surface area contributed by atoms with Crippen molar-refractivity contribution >= 4 is 24.1 Å². The molecule has 0 aliphatic rings. The van der Waals surface area contributed by atoms with Crippen LogP contribution in [0, 0.1) is 5.82 Å². The van der Waals surface area contributed by atoms with Crippen LogP contribution in [0.5, 0.6) is 0 Å². The molecular weight excluding hydrogens is 383 g/mol. The molecule has 0 heterocycles. The minimum atomic E-state index is -0.371. The van der Waals surface area contributed by atoms with Crippen molar-refractivity contribution < 1.29 is 14.8 Å². The second-order valence-electron chi connectivity index (χ2n) is 5.82. The molecule has 0 aromatic heterocycles. The Morgan fingerprint density at radius 1 is 0.679 bits per heavy atom. The van der Waals surface area contributed by atoms with E-state index in [-0.39, 0.29) is 29.9 Å². The minimum Gasteiger partial charge on any atom is -0.409 e. The highest BCUT2D eigenvalue weighted by molar-refractivity contribution is 5.98. The lowest BCUT2D eigenvalue weighted by Gasteiger charge is -2.08. The van der Waals surface area contributed by atoms with Crippen LogP contribution in [0.3, 0.4) is 0 Å². The van der Waals surface area contributed by atoms with Crippen LogP contribution in [-0.4, -0.2) is 22.1 Å². The van der Waals surface area contributed by atoms with Gasteiger partial charge >= 0.3 is 0 Å². The third-order valence-electron chi connectivity index (χ3n) is 4.19. The van der Waals surface area contributed by atoms with Gasteiger partial charge in [0.05, 0.1) is 0 Å². The molecule has 3 rings (SSSR count). The van der Waals surface area contributed by atoms with E-state index < -0.39 is 0 Å². The van der Waals surface area contributed by atoms with Crippen LogP contribution in [0.25, 0.3) is 22.3 Å². The molecule has 0 fully saturated rings. The third-order valence-corrected chi connectivity index (χ3v) is 4.19. The smallest absolute Gasteiger partial charge is 0.170 e. The van der Waals surface area contributed by atoms with Gasteiger partial charge in [-0.25, -0.2) is 4.39 Å². The third kappa shape index (κ3) is 4.21. The van der Waals surface area contributed by atoms with E-state index in [0.717, 1.165) is 5.56 Å². The monoisotopic (exact) mass is 400 g/mol. The van der Waals surface area contributed by atoms with E-state index in [0.29, 0.717) is 27.8 Å². The average Bonchev–Trinajstić information content (AvgIpc) is 2.72. The Labute approximate surface area is 167 Å². The van der Waals surface area contributed by atoms with Crippen molar-refractivity contribution in [2.75, 3.05) is 0 Å². The quantitative estimate of drug-likeness (QED) is 0.231. The number of nitrogens with zero attached hydrogens (tertiary/aromatic N) is 2. The zero-order valence-corrected chi connectivity index (χ0v) is 15.4. The second kappa shape index (κ2) is 8.88. The maximum atomic E-state index is 14.6. The van der Waals surface area contributed by atoms with Gasteiger partial charge in [0.15, 0.2) is 11.7 Å². The standard InChI is InChI=1S/C20H17FN4O2.ClH/c21-18-11-16(12-1-5-14(6-2-12)19(22)24-26)9-10-17(18)13-3-7-15(8-4-13)20(23)25-27;/h1-11,26-27H,(H2,22,24)(H2,23,25);1H. The van der Waals surface area contributed by atoms with Gasteiger partial charge in [0.2, 0.25) is 0 Å². The molecular formula is C20H18ClFN4O2. The SMILES string of the molecule is Cl.N/C(=N\O)c1ccc(-c2ccc(-c3ccc(/C(N)=N/O)cc3)c(F)c2)cc1. The molecule has 8 heteroatoms. The first-order valence-electron chi connectivity index (χ1n) is 7.99. The summed E-state index contributed by atoms with van der Waals surface area (Å²) in [6.45, 7) is 0. The Bertz CT molecular complexity index is 1020. The fourth-order valence-electron chi connectivity index (χ4n) is 2.70. The van der Waals surface area contributed by atoms with Crippen molar-refractivity contribution in [1.82, 2.24) is 0 Å². The van der Waals surface area contributed by atoms with Gasteiger partial charge in [0, 0.05) is 16.7 Å². The van der Waals surface area contributed by atoms with Crippen molar-refractivity contribution in [2.24, 2.45) is 21.8 Å². The molecule has 3 aromatic rings. The molecule has 0 aliphatic heterocycles. The molecule has 0 amide bonds. The van der Waals surface area contributed by atoms with E-state index >= 15 is 0 Å². The molecule has 0 spiro atoms. The van der Waals surface area contributed by atoms with E-state index in [9.17, 15) is 4.39 Å². The summed E-state index contributed by atoms with van der Waals surface area (Å²) in [6, 6.07) is 18.6. The molecule has 0 saturated carbocycles. The van der Waals surface area contributed by atoms with Gasteiger partial charge in [-0.3, -0.25) is 0 Å². The molecule has 0 bridgehead atoms. The summed E-state index contributed by atoms with van der Waals surface area (Å²) < 4.78 is 14.6. The van der Waals surface area contributed by atoms with Crippen LogP contribution >= 0.6 is 12.4 Å². The lowest BCUT2D eigenvalue weighted by atomic mass is 9.98. The molecule has 144 valence electrons. The van der Waals surface area contributed by atoms with Gasteiger partial charge in [-0.1, -0.05) is 71.0 Å². The summed E-state index contributed by atoms with van der Waals surface area (Å²) in [5.74, 6) is -0.365. The zero-order valence-electron chi connectivity index (χ0n) is 14.6. The molecule has 0 aliphatic carbocycles. The number of hydrogen-bond donors (Lipinski definition) is 4. The number of hydrogen-bond acceptors (Lipinski definition) is 4. The summed E-state index contributed by atoms with van der Waals surface area (Å²) in [6.07, 6.45) is 0. The van der Waals surface area contributed by atoms with Crippen LogP contribution in [0.1, 0.15) is 11.1 Å². The van der Waals surface area contributed by atoms with E-state index in [1.807, 2.05) is 6.07 Å². The normalized spacial score (nSPS) is 11.8. The molecule has 0 radical (unpaired) electrons. The molecule has 0 atom stereocenters. The lowest BCUT2D eigenvalue weighted by molar-refractivity contribution is 0.318. The molecule has 6 N–H and O–H groups in total. The van der Waals surface area contributed by atoms with Gasteiger partial charge < -0.3 is 21.9 Å². The first-order chi connectivity index (χ1) is 13.0. The predicted molar refractivity (Wildman–Crippen MR) is 110 cm³/mol. The number of benzene rings is 3. The summed E-state index contributed by atoms with van der Waals surface area (Å²) in [5, 5.41) is 23.3. The second-order valence-corrected chi connectivity index (χ2v) is 5.82. The Kier molecular flexibility index (Phi) is 6.57. The summed E-state index contributed by atoms with van der Waals surface area (Å²) in [7, 11) is 0. The van der Waals surface area contributed by atoms with Crippen molar-refractivity contribution in [3.63, 3.8) is 0 Å². The Hall–Kier alpha value is -3.58. The van der Waals surface area contributed by atoms with Crippen molar-refractivity contribution in [3.05, 3.63) is 83.7 Å². The Morgan fingerprint density at radius 2 is 1.11 bits per heavy atom. The number of rotatable bonds is 4. The van der Waals surface area contributed by atoms with Gasteiger partial charge in [-0.2, -0.15) is 0 Å². The maximum absolute atomic E-state index is 14.6. The molecule has 3 aromatic carbocycles. The number of oxime groups is 2. The van der Waals surface area contributed by atoms with Gasteiger partial charge in [-0.05, 0) is 22.8 Å². The van der Waals surface area contributed by atoms with Crippen molar-refractivity contribution in [1.29, 1.82) is 0 Å². The summed E-state index contributed by atoms with van der Waals surface area (Å²) in [4.78, 5) is 0. The van der Waals surface area contributed by atoms with Gasteiger partial charge in [-0.15, -0.1) is 12.4 Å². The van der Waals surface area contributed by atoms with Crippen LogP contribution in [0.15, 0.2) is 77.0 Å². The van der Waals surface area contributed by atoms with E-state index in [1.165, 1.54) is 6.07 Å². The summed E-state index contributed by atoms with van der Waals surface area (Å²) >= 11 is 0. The van der Waals surface area contributed by atoms with Crippen molar-refractivity contribution in [3.8, 4) is 22.3 Å². The van der Waals surface area contributed by atoms with Crippen molar-refractivity contribution in [2.45, 2.75) is 0 Å². The fourth-order valence-corrected chi connectivity index (χ4v) is 2.70.